The first-order chi connectivity index (χ1) is 14.8. The average molecular weight is 436 g/mol. The smallest absolute Gasteiger partial charge is 0.273 e. The van der Waals surface area contributed by atoms with Crippen molar-refractivity contribution < 1.29 is 17.8 Å². The van der Waals surface area contributed by atoms with Crippen LogP contribution in [0.2, 0.25) is 0 Å². The van der Waals surface area contributed by atoms with Gasteiger partial charge in [-0.2, -0.15) is 0 Å². The third-order valence-electron chi connectivity index (χ3n) is 5.89. The number of benzene rings is 3. The van der Waals surface area contributed by atoms with Crippen LogP contribution in [0, 0.1) is 17.0 Å². The molecule has 1 aliphatic carbocycles. The van der Waals surface area contributed by atoms with Crippen LogP contribution >= 0.6 is 0 Å². The van der Waals surface area contributed by atoms with Crippen LogP contribution in [0.15, 0.2) is 57.8 Å². The highest BCUT2D eigenvalue weighted by atomic mass is 32.2. The summed E-state index contributed by atoms with van der Waals surface area (Å²) in [5.41, 5.74) is 2.52. The fourth-order valence-electron chi connectivity index (χ4n) is 4.32. The van der Waals surface area contributed by atoms with E-state index >= 15 is 0 Å². The Morgan fingerprint density at radius 3 is 2.52 bits per heavy atom. The summed E-state index contributed by atoms with van der Waals surface area (Å²) in [4.78, 5) is 10.5. The number of rotatable bonds is 4. The summed E-state index contributed by atoms with van der Waals surface area (Å²) in [6, 6.07) is 13.2. The number of nitro benzene ring substituents is 1. The van der Waals surface area contributed by atoms with E-state index in [2.05, 4.69) is 4.72 Å². The molecule has 1 N–H and O–H groups in total. The molecule has 158 valence electrons. The molecule has 1 aliphatic rings. The van der Waals surface area contributed by atoms with Gasteiger partial charge < -0.3 is 4.42 Å². The molecule has 0 atom stereocenters. The van der Waals surface area contributed by atoms with Crippen molar-refractivity contribution in [2.24, 2.45) is 0 Å². The first-order valence-electron chi connectivity index (χ1n) is 10.1. The Hall–Kier alpha value is -3.39. The van der Waals surface area contributed by atoms with Crippen LogP contribution in [0.1, 0.15) is 29.7 Å². The summed E-state index contributed by atoms with van der Waals surface area (Å²) >= 11 is 0. The molecule has 4 aromatic rings. The third-order valence-corrected chi connectivity index (χ3v) is 7.26. The van der Waals surface area contributed by atoms with Crippen molar-refractivity contribution in [3.63, 3.8) is 0 Å². The molecule has 3 aromatic carbocycles. The minimum atomic E-state index is -4.04. The zero-order chi connectivity index (χ0) is 21.8. The second kappa shape index (κ2) is 7.09. The Balaban J connectivity index is 1.68. The van der Waals surface area contributed by atoms with E-state index in [1.54, 1.807) is 6.92 Å². The van der Waals surface area contributed by atoms with Crippen molar-refractivity contribution in [3.8, 4) is 0 Å². The summed E-state index contributed by atoms with van der Waals surface area (Å²) in [6.45, 7) is 1.57. The Bertz CT molecular complexity index is 1470. The highest BCUT2D eigenvalue weighted by molar-refractivity contribution is 7.92. The van der Waals surface area contributed by atoms with E-state index in [1.165, 1.54) is 12.1 Å². The Morgan fingerprint density at radius 2 is 1.74 bits per heavy atom. The van der Waals surface area contributed by atoms with Crippen molar-refractivity contribution in [1.29, 1.82) is 0 Å². The molecule has 0 spiro atoms. The maximum absolute atomic E-state index is 13.1. The Kier molecular flexibility index (Phi) is 4.48. The molecule has 31 heavy (non-hydrogen) atoms. The van der Waals surface area contributed by atoms with Gasteiger partial charge in [0.25, 0.3) is 15.7 Å². The van der Waals surface area contributed by atoms with Gasteiger partial charge in [0.05, 0.1) is 15.5 Å². The molecular formula is C23H20N2O5S. The number of hydrogen-bond donors (Lipinski definition) is 1. The van der Waals surface area contributed by atoms with E-state index in [1.807, 2.05) is 30.3 Å². The topological polar surface area (TPSA) is 102 Å². The Labute approximate surface area is 178 Å². The molecule has 0 saturated heterocycles. The summed E-state index contributed by atoms with van der Waals surface area (Å²) in [5.74, 6) is 0.973. The van der Waals surface area contributed by atoms with Gasteiger partial charge in [0.15, 0.2) is 0 Å². The molecule has 0 bridgehead atoms. The SMILES string of the molecule is Cc1ccc(S(=O)(=O)Nc2cc3c4c(oc3c3ccccc23)CCCC4)cc1[N+](=O)[O-]. The third kappa shape index (κ3) is 3.23. The summed E-state index contributed by atoms with van der Waals surface area (Å²) in [6.07, 6.45) is 3.93. The fourth-order valence-corrected chi connectivity index (χ4v) is 5.41. The van der Waals surface area contributed by atoms with E-state index in [0.717, 1.165) is 59.4 Å². The lowest BCUT2D eigenvalue weighted by atomic mass is 9.94. The number of nitro groups is 1. The van der Waals surface area contributed by atoms with Crippen molar-refractivity contribution >= 4 is 43.1 Å². The van der Waals surface area contributed by atoms with Gasteiger partial charge in [0, 0.05) is 39.8 Å². The van der Waals surface area contributed by atoms with Gasteiger partial charge in [-0.05, 0) is 38.3 Å². The van der Waals surface area contributed by atoms with Crippen LogP contribution in [-0.4, -0.2) is 13.3 Å². The standard InChI is InChI=1S/C23H20N2O5S/c1-14-10-11-15(12-21(14)25(26)27)31(28,29)24-20-13-19-17-7-4-5-9-22(17)30-23(19)18-8-3-2-6-16(18)20/h2-3,6,8,10-13,24H,4-5,7,9H2,1H3. The van der Waals surface area contributed by atoms with Crippen molar-refractivity contribution in [3.05, 3.63) is 75.5 Å². The van der Waals surface area contributed by atoms with E-state index < -0.39 is 14.9 Å². The lowest BCUT2D eigenvalue weighted by Crippen LogP contribution is -2.13. The van der Waals surface area contributed by atoms with Gasteiger partial charge in [0.2, 0.25) is 0 Å². The van der Waals surface area contributed by atoms with Crippen LogP contribution in [-0.2, 0) is 22.9 Å². The van der Waals surface area contributed by atoms with Crippen LogP contribution in [0.5, 0.6) is 0 Å². The molecule has 1 aromatic heterocycles. The maximum atomic E-state index is 13.1. The number of aryl methyl sites for hydroxylation is 3. The van der Waals surface area contributed by atoms with Gasteiger partial charge in [-0.3, -0.25) is 14.8 Å². The molecule has 5 rings (SSSR count). The number of anilines is 1. The molecule has 7 nitrogen and oxygen atoms in total. The minimum Gasteiger partial charge on any atom is -0.460 e. The molecule has 1 heterocycles. The van der Waals surface area contributed by atoms with E-state index in [0.29, 0.717) is 16.6 Å². The first kappa shape index (κ1) is 19.6. The van der Waals surface area contributed by atoms with E-state index in [4.69, 9.17) is 4.42 Å². The molecule has 8 heteroatoms. The molecule has 0 aliphatic heterocycles. The lowest BCUT2D eigenvalue weighted by molar-refractivity contribution is -0.385. The second-order valence-corrected chi connectivity index (χ2v) is 9.55. The number of fused-ring (bicyclic) bond motifs is 5. The molecule has 0 radical (unpaired) electrons. The normalized spacial score (nSPS) is 14.0. The zero-order valence-electron chi connectivity index (χ0n) is 16.8. The van der Waals surface area contributed by atoms with Crippen molar-refractivity contribution in [2.75, 3.05) is 4.72 Å². The average Bonchev–Trinajstić information content (AvgIpc) is 3.12. The largest absolute Gasteiger partial charge is 0.460 e. The number of sulfonamides is 1. The van der Waals surface area contributed by atoms with Gasteiger partial charge in [-0.1, -0.05) is 30.3 Å². The number of nitrogens with zero attached hydrogens (tertiary/aromatic N) is 1. The van der Waals surface area contributed by atoms with Gasteiger partial charge in [-0.15, -0.1) is 0 Å². The predicted octanol–water partition coefficient (Wildman–Crippen LogP) is 5.48. The second-order valence-electron chi connectivity index (χ2n) is 7.87. The lowest BCUT2D eigenvalue weighted by Gasteiger charge is -2.13. The van der Waals surface area contributed by atoms with Crippen molar-refractivity contribution in [1.82, 2.24) is 0 Å². The number of nitrogens with one attached hydrogen (secondary N) is 1. The first-order valence-corrected chi connectivity index (χ1v) is 11.6. The number of furan rings is 1. The maximum Gasteiger partial charge on any atom is 0.273 e. The van der Waals surface area contributed by atoms with Gasteiger partial charge >= 0.3 is 0 Å². The van der Waals surface area contributed by atoms with Gasteiger partial charge in [-0.25, -0.2) is 8.42 Å². The number of hydrogen-bond acceptors (Lipinski definition) is 5. The highest BCUT2D eigenvalue weighted by Gasteiger charge is 2.24. The minimum absolute atomic E-state index is 0.150. The molecular weight excluding hydrogens is 416 g/mol. The molecule has 0 unspecified atom stereocenters. The van der Waals surface area contributed by atoms with Crippen LogP contribution < -0.4 is 4.72 Å². The quantitative estimate of drug-likeness (QED) is 0.337. The van der Waals surface area contributed by atoms with Crippen LogP contribution in [0.25, 0.3) is 21.7 Å². The molecule has 0 fully saturated rings. The van der Waals surface area contributed by atoms with E-state index in [9.17, 15) is 18.5 Å². The molecule has 0 amide bonds. The Morgan fingerprint density at radius 1 is 1.00 bits per heavy atom. The monoisotopic (exact) mass is 436 g/mol. The van der Waals surface area contributed by atoms with Crippen molar-refractivity contribution in [2.45, 2.75) is 37.5 Å². The summed E-state index contributed by atoms with van der Waals surface area (Å²) < 4.78 is 35.1. The van der Waals surface area contributed by atoms with Crippen LogP contribution in [0.3, 0.4) is 0 Å². The van der Waals surface area contributed by atoms with Crippen LogP contribution in [0.4, 0.5) is 11.4 Å². The highest BCUT2D eigenvalue weighted by Crippen LogP contribution is 2.40. The molecule has 0 saturated carbocycles. The summed E-state index contributed by atoms with van der Waals surface area (Å²) in [5, 5.41) is 13.7. The van der Waals surface area contributed by atoms with E-state index in [-0.39, 0.29) is 10.6 Å². The zero-order valence-corrected chi connectivity index (χ0v) is 17.7. The summed E-state index contributed by atoms with van der Waals surface area (Å²) in [7, 11) is -4.04. The predicted molar refractivity (Wildman–Crippen MR) is 119 cm³/mol. The van der Waals surface area contributed by atoms with Gasteiger partial charge in [0.1, 0.15) is 11.3 Å². The fraction of sp³-hybridized carbons (Fsp3) is 0.217.